The second kappa shape index (κ2) is 4.51. The van der Waals surface area contributed by atoms with Crippen LogP contribution in [0.2, 0.25) is 0 Å². The van der Waals surface area contributed by atoms with Crippen molar-refractivity contribution in [3.8, 4) is 0 Å². The van der Waals surface area contributed by atoms with Crippen LogP contribution in [0, 0.1) is 0 Å². The minimum Gasteiger partial charge on any atom is -0.354 e. The third-order valence-corrected chi connectivity index (χ3v) is 2.86. The Balaban J connectivity index is 1.90. The Bertz CT molecular complexity index is 343. The lowest BCUT2D eigenvalue weighted by atomic mass is 10.1. The first-order valence-corrected chi connectivity index (χ1v) is 5.72. The SMILES string of the molecule is CCCn1ccc(CC2CCC(=O)N2)c1. The van der Waals surface area contributed by atoms with Gasteiger partial charge in [0.2, 0.25) is 5.91 Å². The van der Waals surface area contributed by atoms with Crippen LogP contribution in [0.25, 0.3) is 0 Å². The summed E-state index contributed by atoms with van der Waals surface area (Å²) in [5.74, 6) is 0.202. The molecule has 1 aliphatic heterocycles. The fourth-order valence-corrected chi connectivity index (χ4v) is 2.12. The van der Waals surface area contributed by atoms with Crippen molar-refractivity contribution in [1.82, 2.24) is 9.88 Å². The zero-order valence-electron chi connectivity index (χ0n) is 9.20. The monoisotopic (exact) mass is 206 g/mol. The van der Waals surface area contributed by atoms with Crippen LogP contribution in [-0.4, -0.2) is 16.5 Å². The molecule has 0 bridgehead atoms. The molecular weight excluding hydrogens is 188 g/mol. The molecule has 2 heterocycles. The number of rotatable bonds is 4. The highest BCUT2D eigenvalue weighted by molar-refractivity contribution is 5.78. The summed E-state index contributed by atoms with van der Waals surface area (Å²) >= 11 is 0. The van der Waals surface area contributed by atoms with Gasteiger partial charge in [-0.2, -0.15) is 0 Å². The largest absolute Gasteiger partial charge is 0.354 e. The minimum absolute atomic E-state index is 0.202. The van der Waals surface area contributed by atoms with Crippen molar-refractivity contribution >= 4 is 5.91 Å². The van der Waals surface area contributed by atoms with Crippen molar-refractivity contribution in [3.63, 3.8) is 0 Å². The number of hydrogen-bond acceptors (Lipinski definition) is 1. The highest BCUT2D eigenvalue weighted by Gasteiger charge is 2.20. The quantitative estimate of drug-likeness (QED) is 0.799. The Kier molecular flexibility index (Phi) is 3.09. The van der Waals surface area contributed by atoms with Crippen LogP contribution >= 0.6 is 0 Å². The molecule has 1 aromatic heterocycles. The Hall–Kier alpha value is -1.25. The molecule has 1 atom stereocenters. The second-order valence-corrected chi connectivity index (χ2v) is 4.26. The highest BCUT2D eigenvalue weighted by Crippen LogP contribution is 2.13. The van der Waals surface area contributed by atoms with E-state index >= 15 is 0 Å². The number of carbonyl (C=O) groups excluding carboxylic acids is 1. The first-order valence-electron chi connectivity index (χ1n) is 5.72. The van der Waals surface area contributed by atoms with Crippen LogP contribution in [0.5, 0.6) is 0 Å². The number of nitrogens with one attached hydrogen (secondary N) is 1. The van der Waals surface area contributed by atoms with Gasteiger partial charge in [0.25, 0.3) is 0 Å². The number of aryl methyl sites for hydroxylation is 1. The molecule has 1 unspecified atom stereocenters. The summed E-state index contributed by atoms with van der Waals surface area (Å²) in [5, 5.41) is 3.00. The molecule has 3 heteroatoms. The molecule has 1 amide bonds. The van der Waals surface area contributed by atoms with Crippen LogP contribution in [-0.2, 0) is 17.8 Å². The highest BCUT2D eigenvalue weighted by atomic mass is 16.1. The molecule has 1 N–H and O–H groups in total. The molecule has 1 fully saturated rings. The van der Waals surface area contributed by atoms with E-state index in [-0.39, 0.29) is 5.91 Å². The van der Waals surface area contributed by atoms with Crippen LogP contribution in [0.4, 0.5) is 0 Å². The van der Waals surface area contributed by atoms with E-state index in [1.807, 2.05) is 0 Å². The van der Waals surface area contributed by atoms with Crippen molar-refractivity contribution in [1.29, 1.82) is 0 Å². The summed E-state index contributed by atoms with van der Waals surface area (Å²) in [6.45, 7) is 3.26. The molecule has 0 aromatic carbocycles. The normalized spacial score (nSPS) is 20.6. The fraction of sp³-hybridized carbons (Fsp3) is 0.583. The standard InChI is InChI=1S/C12H18N2O/c1-2-6-14-7-5-10(9-14)8-11-3-4-12(15)13-11/h5,7,9,11H,2-4,6,8H2,1H3,(H,13,15). The molecule has 0 radical (unpaired) electrons. The fourth-order valence-electron chi connectivity index (χ4n) is 2.12. The summed E-state index contributed by atoms with van der Waals surface area (Å²) in [7, 11) is 0. The number of carbonyl (C=O) groups is 1. The summed E-state index contributed by atoms with van der Waals surface area (Å²) < 4.78 is 2.21. The molecule has 0 spiro atoms. The molecule has 15 heavy (non-hydrogen) atoms. The molecule has 3 nitrogen and oxygen atoms in total. The predicted octanol–water partition coefficient (Wildman–Crippen LogP) is 1.72. The zero-order valence-corrected chi connectivity index (χ0v) is 9.20. The molecule has 0 saturated carbocycles. The molecule has 2 rings (SSSR count). The predicted molar refractivity (Wildman–Crippen MR) is 59.6 cm³/mol. The lowest BCUT2D eigenvalue weighted by Crippen LogP contribution is -2.26. The first-order chi connectivity index (χ1) is 7.28. The van der Waals surface area contributed by atoms with Crippen LogP contribution < -0.4 is 5.32 Å². The van der Waals surface area contributed by atoms with Gasteiger partial charge in [-0.15, -0.1) is 0 Å². The molecule has 1 aliphatic rings. The minimum atomic E-state index is 0.202. The molecule has 1 saturated heterocycles. The van der Waals surface area contributed by atoms with E-state index in [2.05, 4.69) is 35.3 Å². The van der Waals surface area contributed by atoms with Crippen LogP contribution in [0.3, 0.4) is 0 Å². The maximum Gasteiger partial charge on any atom is 0.220 e. The maximum atomic E-state index is 11.0. The average molecular weight is 206 g/mol. The molecular formula is C12H18N2O. The van der Waals surface area contributed by atoms with Gasteiger partial charge in [-0.25, -0.2) is 0 Å². The number of nitrogens with zero attached hydrogens (tertiary/aromatic N) is 1. The third kappa shape index (κ3) is 2.61. The Labute approximate surface area is 90.5 Å². The summed E-state index contributed by atoms with van der Waals surface area (Å²) in [5.41, 5.74) is 1.33. The van der Waals surface area contributed by atoms with Gasteiger partial charge in [0.1, 0.15) is 0 Å². The van der Waals surface area contributed by atoms with E-state index < -0.39 is 0 Å². The van der Waals surface area contributed by atoms with Crippen molar-refractivity contribution in [2.24, 2.45) is 0 Å². The lowest BCUT2D eigenvalue weighted by molar-refractivity contribution is -0.119. The zero-order chi connectivity index (χ0) is 10.7. The van der Waals surface area contributed by atoms with E-state index in [0.717, 1.165) is 25.8 Å². The van der Waals surface area contributed by atoms with Crippen LogP contribution in [0.1, 0.15) is 31.7 Å². The number of aromatic nitrogens is 1. The van der Waals surface area contributed by atoms with Gasteiger partial charge in [0.15, 0.2) is 0 Å². The Morgan fingerprint density at radius 2 is 2.47 bits per heavy atom. The van der Waals surface area contributed by atoms with Crippen molar-refractivity contribution < 1.29 is 4.79 Å². The smallest absolute Gasteiger partial charge is 0.220 e. The topological polar surface area (TPSA) is 34.0 Å². The summed E-state index contributed by atoms with van der Waals surface area (Å²) in [4.78, 5) is 11.0. The lowest BCUT2D eigenvalue weighted by Gasteiger charge is -2.07. The van der Waals surface area contributed by atoms with Gasteiger partial charge in [0, 0.05) is 31.4 Å². The van der Waals surface area contributed by atoms with E-state index in [1.165, 1.54) is 5.56 Å². The van der Waals surface area contributed by atoms with Gasteiger partial charge in [-0.05, 0) is 30.9 Å². The van der Waals surface area contributed by atoms with Gasteiger partial charge in [-0.3, -0.25) is 4.79 Å². The first kappa shape index (κ1) is 10.3. The Morgan fingerprint density at radius 1 is 1.60 bits per heavy atom. The van der Waals surface area contributed by atoms with Gasteiger partial charge >= 0.3 is 0 Å². The third-order valence-electron chi connectivity index (χ3n) is 2.86. The van der Waals surface area contributed by atoms with E-state index in [0.29, 0.717) is 12.5 Å². The summed E-state index contributed by atoms with van der Waals surface area (Å²) in [6.07, 6.45) is 8.12. The van der Waals surface area contributed by atoms with Crippen molar-refractivity contribution in [2.75, 3.05) is 0 Å². The summed E-state index contributed by atoms with van der Waals surface area (Å²) in [6, 6.07) is 2.51. The van der Waals surface area contributed by atoms with Gasteiger partial charge in [0.05, 0.1) is 0 Å². The number of amides is 1. The van der Waals surface area contributed by atoms with Crippen LogP contribution in [0.15, 0.2) is 18.5 Å². The second-order valence-electron chi connectivity index (χ2n) is 4.26. The van der Waals surface area contributed by atoms with E-state index in [1.54, 1.807) is 0 Å². The van der Waals surface area contributed by atoms with Gasteiger partial charge in [-0.1, -0.05) is 6.92 Å². The average Bonchev–Trinajstić information content (AvgIpc) is 2.78. The number of hydrogen-bond donors (Lipinski definition) is 1. The van der Waals surface area contributed by atoms with E-state index in [9.17, 15) is 4.79 Å². The maximum absolute atomic E-state index is 11.0. The molecule has 0 aliphatic carbocycles. The van der Waals surface area contributed by atoms with Crippen molar-refractivity contribution in [2.45, 2.75) is 45.2 Å². The van der Waals surface area contributed by atoms with Gasteiger partial charge < -0.3 is 9.88 Å². The molecule has 82 valence electrons. The molecule has 1 aromatic rings. The van der Waals surface area contributed by atoms with E-state index in [4.69, 9.17) is 0 Å². The van der Waals surface area contributed by atoms with Crippen molar-refractivity contribution in [3.05, 3.63) is 24.0 Å². The Morgan fingerprint density at radius 3 is 3.13 bits per heavy atom.